The number of carbonyl (C=O) groups excluding carboxylic acids is 1. The van der Waals surface area contributed by atoms with Gasteiger partial charge >= 0.3 is 0 Å². The summed E-state index contributed by atoms with van der Waals surface area (Å²) < 4.78 is 16.0. The Hall–Kier alpha value is -2.83. The quantitative estimate of drug-likeness (QED) is 0.589. The summed E-state index contributed by atoms with van der Waals surface area (Å²) in [6, 6.07) is 14.8. The van der Waals surface area contributed by atoms with Crippen molar-refractivity contribution in [3.8, 4) is 11.5 Å². The lowest BCUT2D eigenvalue weighted by molar-refractivity contribution is 0.0680. The topological polar surface area (TPSA) is 60.9 Å². The van der Waals surface area contributed by atoms with Gasteiger partial charge in [-0.1, -0.05) is 29.8 Å². The van der Waals surface area contributed by atoms with E-state index in [2.05, 4.69) is 4.98 Å². The van der Waals surface area contributed by atoms with Crippen molar-refractivity contribution in [2.45, 2.75) is 6.54 Å². The van der Waals surface area contributed by atoms with E-state index in [9.17, 15) is 4.79 Å². The lowest BCUT2D eigenvalue weighted by Gasteiger charge is -2.23. The van der Waals surface area contributed by atoms with Gasteiger partial charge in [-0.3, -0.25) is 4.79 Å². The smallest absolute Gasteiger partial charge is 0.254 e. The van der Waals surface area contributed by atoms with Crippen molar-refractivity contribution in [2.24, 2.45) is 0 Å². The molecule has 0 atom stereocenters. The van der Waals surface area contributed by atoms with E-state index in [0.29, 0.717) is 41.9 Å². The number of nitrogens with zero attached hydrogens (tertiary/aromatic N) is 2. The highest BCUT2D eigenvalue weighted by Gasteiger charge is 2.20. The lowest BCUT2D eigenvalue weighted by Crippen LogP contribution is -2.33. The minimum Gasteiger partial charge on any atom is -0.454 e. The average Bonchev–Trinajstić information content (AvgIpc) is 3.17. The summed E-state index contributed by atoms with van der Waals surface area (Å²) >= 11 is 6.43. The molecule has 2 heterocycles. The Balaban J connectivity index is 1.65. The summed E-state index contributed by atoms with van der Waals surface area (Å²) in [5.41, 5.74) is 2.09. The van der Waals surface area contributed by atoms with E-state index in [-0.39, 0.29) is 12.7 Å². The van der Waals surface area contributed by atoms with Crippen molar-refractivity contribution >= 4 is 28.4 Å². The summed E-state index contributed by atoms with van der Waals surface area (Å²) in [4.78, 5) is 19.1. The monoisotopic (exact) mass is 398 g/mol. The molecule has 0 unspecified atom stereocenters. The van der Waals surface area contributed by atoms with Crippen LogP contribution in [0.5, 0.6) is 11.5 Å². The zero-order valence-corrected chi connectivity index (χ0v) is 16.1. The molecule has 2 aromatic carbocycles. The number of amides is 1. The zero-order valence-electron chi connectivity index (χ0n) is 15.4. The Kier molecular flexibility index (Phi) is 5.32. The third-order valence-electron chi connectivity index (χ3n) is 4.57. The van der Waals surface area contributed by atoms with Crippen LogP contribution in [-0.4, -0.2) is 42.8 Å². The Morgan fingerprint density at radius 3 is 2.68 bits per heavy atom. The van der Waals surface area contributed by atoms with Crippen molar-refractivity contribution in [1.29, 1.82) is 0 Å². The third-order valence-corrected chi connectivity index (χ3v) is 4.90. The molecular weight excluding hydrogens is 380 g/mol. The molecule has 4 rings (SSSR count). The molecule has 144 valence electrons. The standard InChI is InChI=1S/C21H19ClN2O4/c1-26-8-7-24(21(25)14-5-3-2-4-6-14)12-16-9-15-10-18-19(28-13-27-18)11-17(15)23-20(16)22/h2-6,9-11H,7-8,12-13H2,1H3. The number of aromatic nitrogens is 1. The van der Waals surface area contributed by atoms with Gasteiger partial charge in [-0.05, 0) is 24.3 Å². The van der Waals surface area contributed by atoms with Crippen molar-refractivity contribution < 1.29 is 19.0 Å². The SMILES string of the molecule is COCCN(Cc1cc2cc3c(cc2nc1Cl)OCO3)C(=O)c1ccccc1. The van der Waals surface area contributed by atoms with Crippen molar-refractivity contribution in [1.82, 2.24) is 9.88 Å². The molecule has 1 aliphatic rings. The maximum absolute atomic E-state index is 13.0. The lowest BCUT2D eigenvalue weighted by atomic mass is 10.1. The second-order valence-corrected chi connectivity index (χ2v) is 6.78. The zero-order chi connectivity index (χ0) is 19.5. The minimum atomic E-state index is -0.0838. The summed E-state index contributed by atoms with van der Waals surface area (Å²) in [6.07, 6.45) is 0. The van der Waals surface area contributed by atoms with Crippen molar-refractivity contribution in [3.05, 3.63) is 64.8 Å². The predicted octanol–water partition coefficient (Wildman–Crippen LogP) is 3.91. The number of carbonyl (C=O) groups is 1. The molecule has 7 heteroatoms. The number of benzene rings is 2. The van der Waals surface area contributed by atoms with E-state index in [1.54, 1.807) is 24.1 Å². The second kappa shape index (κ2) is 8.04. The molecule has 6 nitrogen and oxygen atoms in total. The van der Waals surface area contributed by atoms with Gasteiger partial charge in [0.05, 0.1) is 12.1 Å². The summed E-state index contributed by atoms with van der Waals surface area (Å²) in [5.74, 6) is 1.25. The highest BCUT2D eigenvalue weighted by Crippen LogP contribution is 2.36. The van der Waals surface area contributed by atoms with Crippen LogP contribution in [0, 0.1) is 0 Å². The predicted molar refractivity (Wildman–Crippen MR) is 106 cm³/mol. The number of methoxy groups -OCH3 is 1. The molecule has 0 N–H and O–H groups in total. The molecule has 0 spiro atoms. The van der Waals surface area contributed by atoms with E-state index in [4.69, 9.17) is 25.8 Å². The molecule has 0 fully saturated rings. The number of fused-ring (bicyclic) bond motifs is 2. The van der Waals surface area contributed by atoms with Crippen LogP contribution in [-0.2, 0) is 11.3 Å². The Bertz CT molecular complexity index is 1010. The molecule has 0 bridgehead atoms. The fourth-order valence-electron chi connectivity index (χ4n) is 3.12. The first-order valence-corrected chi connectivity index (χ1v) is 9.25. The van der Waals surface area contributed by atoms with Crippen LogP contribution >= 0.6 is 11.6 Å². The van der Waals surface area contributed by atoms with E-state index < -0.39 is 0 Å². The number of rotatable bonds is 6. The number of pyridine rings is 1. The van der Waals surface area contributed by atoms with Gasteiger partial charge in [-0.2, -0.15) is 0 Å². The molecule has 0 saturated heterocycles. The summed E-state index contributed by atoms with van der Waals surface area (Å²) in [5, 5.41) is 1.23. The first-order chi connectivity index (χ1) is 13.7. The molecule has 3 aromatic rings. The van der Waals surface area contributed by atoms with Gasteiger partial charge in [0.1, 0.15) is 5.15 Å². The maximum atomic E-state index is 13.0. The van der Waals surface area contributed by atoms with E-state index >= 15 is 0 Å². The van der Waals surface area contributed by atoms with Gasteiger partial charge in [-0.15, -0.1) is 0 Å². The van der Waals surface area contributed by atoms with Crippen molar-refractivity contribution in [2.75, 3.05) is 27.1 Å². The van der Waals surface area contributed by atoms with E-state index in [0.717, 1.165) is 16.5 Å². The van der Waals surface area contributed by atoms with Gasteiger partial charge < -0.3 is 19.1 Å². The fraction of sp³-hybridized carbons (Fsp3) is 0.238. The largest absolute Gasteiger partial charge is 0.454 e. The van der Waals surface area contributed by atoms with E-state index in [1.165, 1.54) is 0 Å². The molecular formula is C21H19ClN2O4. The molecule has 0 aliphatic carbocycles. The number of hydrogen-bond acceptors (Lipinski definition) is 5. The number of ether oxygens (including phenoxy) is 3. The molecule has 0 saturated carbocycles. The number of hydrogen-bond donors (Lipinski definition) is 0. The van der Waals surface area contributed by atoms with Crippen LogP contribution in [0.15, 0.2) is 48.5 Å². The highest BCUT2D eigenvalue weighted by molar-refractivity contribution is 6.30. The van der Waals surface area contributed by atoms with Crippen molar-refractivity contribution in [3.63, 3.8) is 0 Å². The first-order valence-electron chi connectivity index (χ1n) is 8.88. The van der Waals surface area contributed by atoms with Gasteiger partial charge in [0.15, 0.2) is 11.5 Å². The summed E-state index contributed by atoms with van der Waals surface area (Å²) in [7, 11) is 1.61. The highest BCUT2D eigenvalue weighted by atomic mass is 35.5. The van der Waals surface area contributed by atoms with E-state index in [1.807, 2.05) is 36.4 Å². The third kappa shape index (κ3) is 3.74. The van der Waals surface area contributed by atoms with Crippen LogP contribution < -0.4 is 9.47 Å². The second-order valence-electron chi connectivity index (χ2n) is 6.42. The van der Waals surface area contributed by atoms with Crippen LogP contribution in [0.2, 0.25) is 5.15 Å². The molecule has 28 heavy (non-hydrogen) atoms. The molecule has 0 radical (unpaired) electrons. The van der Waals surface area contributed by atoms with Crippen LogP contribution in [0.25, 0.3) is 10.9 Å². The first kappa shape index (κ1) is 18.5. The van der Waals surface area contributed by atoms with Gasteiger partial charge in [0.25, 0.3) is 5.91 Å². The van der Waals surface area contributed by atoms with Gasteiger partial charge in [0, 0.05) is 42.8 Å². The summed E-state index contributed by atoms with van der Waals surface area (Å²) in [6.45, 7) is 1.39. The van der Waals surface area contributed by atoms with Crippen LogP contribution in [0.1, 0.15) is 15.9 Å². The fourth-order valence-corrected chi connectivity index (χ4v) is 3.32. The molecule has 1 amide bonds. The van der Waals surface area contributed by atoms with Gasteiger partial charge in [-0.25, -0.2) is 4.98 Å². The normalized spacial score (nSPS) is 12.4. The average molecular weight is 399 g/mol. The minimum absolute atomic E-state index is 0.0838. The maximum Gasteiger partial charge on any atom is 0.254 e. The van der Waals surface area contributed by atoms with Crippen LogP contribution in [0.3, 0.4) is 0 Å². The number of halogens is 1. The Labute approximate surface area is 167 Å². The molecule has 1 aliphatic heterocycles. The Morgan fingerprint density at radius 1 is 1.18 bits per heavy atom. The Morgan fingerprint density at radius 2 is 1.93 bits per heavy atom. The molecule has 1 aromatic heterocycles. The van der Waals surface area contributed by atoms with Crippen LogP contribution in [0.4, 0.5) is 0 Å². The van der Waals surface area contributed by atoms with Gasteiger partial charge in [0.2, 0.25) is 6.79 Å².